The monoisotopic (exact) mass is 223 g/mol. The van der Waals surface area contributed by atoms with Crippen LogP contribution in [0, 0.1) is 11.3 Å². The second kappa shape index (κ2) is 5.08. The first-order chi connectivity index (χ1) is 7.64. The van der Waals surface area contributed by atoms with E-state index in [4.69, 9.17) is 0 Å². The fourth-order valence-corrected chi connectivity index (χ4v) is 3.21. The minimum Gasteiger partial charge on any atom is -0.311 e. The van der Waals surface area contributed by atoms with Crippen molar-refractivity contribution in [2.75, 3.05) is 0 Å². The van der Waals surface area contributed by atoms with Gasteiger partial charge in [0.2, 0.25) is 0 Å². The Labute approximate surface area is 101 Å². The quantitative estimate of drug-likeness (QED) is 0.739. The first kappa shape index (κ1) is 12.4. The molecule has 94 valence electrons. The molecule has 2 aliphatic carbocycles. The highest BCUT2D eigenvalue weighted by Gasteiger charge is 2.43. The molecule has 0 heterocycles. The molecule has 1 nitrogen and oxygen atoms in total. The van der Waals surface area contributed by atoms with Gasteiger partial charge in [-0.3, -0.25) is 0 Å². The predicted molar refractivity (Wildman–Crippen MR) is 70.6 cm³/mol. The molecule has 0 aliphatic heterocycles. The Morgan fingerprint density at radius 2 is 1.81 bits per heavy atom. The minimum absolute atomic E-state index is 0.639. The molecule has 0 bridgehead atoms. The first-order valence-electron chi connectivity index (χ1n) is 7.40. The van der Waals surface area contributed by atoms with Crippen LogP contribution in [0.15, 0.2) is 0 Å². The third-order valence-corrected chi connectivity index (χ3v) is 5.11. The topological polar surface area (TPSA) is 12.0 Å². The molecule has 2 aliphatic rings. The fourth-order valence-electron chi connectivity index (χ4n) is 3.21. The molecule has 0 radical (unpaired) electrons. The highest BCUT2D eigenvalue weighted by atomic mass is 15.0. The van der Waals surface area contributed by atoms with Gasteiger partial charge in [0.05, 0.1) is 0 Å². The molecule has 0 saturated heterocycles. The van der Waals surface area contributed by atoms with Gasteiger partial charge in [0.1, 0.15) is 0 Å². The van der Waals surface area contributed by atoms with Crippen LogP contribution in [0.4, 0.5) is 0 Å². The number of rotatable bonds is 5. The van der Waals surface area contributed by atoms with Crippen molar-refractivity contribution in [1.29, 1.82) is 0 Å². The van der Waals surface area contributed by atoms with Crippen molar-refractivity contribution in [3.63, 3.8) is 0 Å². The summed E-state index contributed by atoms with van der Waals surface area (Å²) in [6, 6.07) is 1.56. The molecule has 1 unspecified atom stereocenters. The summed E-state index contributed by atoms with van der Waals surface area (Å²) in [6.07, 6.45) is 11.5. The Bertz CT molecular complexity index is 211. The predicted octanol–water partition coefficient (Wildman–Crippen LogP) is 4.12. The standard InChI is InChI=1S/C15H29N/c1-4-5-13-6-8-14(9-7-13)16-12(2)15(3)10-11-15/h12-14,16H,4-11H2,1-3H3. The summed E-state index contributed by atoms with van der Waals surface area (Å²) >= 11 is 0. The summed E-state index contributed by atoms with van der Waals surface area (Å²) in [5.41, 5.74) is 0.639. The average molecular weight is 223 g/mol. The van der Waals surface area contributed by atoms with Gasteiger partial charge in [-0.15, -0.1) is 0 Å². The summed E-state index contributed by atoms with van der Waals surface area (Å²) in [5.74, 6) is 1.04. The van der Waals surface area contributed by atoms with Crippen LogP contribution >= 0.6 is 0 Å². The van der Waals surface area contributed by atoms with Crippen molar-refractivity contribution in [1.82, 2.24) is 5.32 Å². The summed E-state index contributed by atoms with van der Waals surface area (Å²) in [4.78, 5) is 0. The third-order valence-electron chi connectivity index (χ3n) is 5.11. The SMILES string of the molecule is CCCC1CCC(NC(C)C2(C)CC2)CC1. The molecule has 16 heavy (non-hydrogen) atoms. The molecule has 2 fully saturated rings. The smallest absolute Gasteiger partial charge is 0.00951 e. The average Bonchev–Trinajstić information content (AvgIpc) is 3.01. The molecule has 1 heteroatoms. The Hall–Kier alpha value is -0.0400. The molecular weight excluding hydrogens is 194 g/mol. The van der Waals surface area contributed by atoms with Crippen molar-refractivity contribution >= 4 is 0 Å². The van der Waals surface area contributed by atoms with E-state index in [1.165, 1.54) is 51.4 Å². The maximum atomic E-state index is 3.88. The molecule has 0 spiro atoms. The van der Waals surface area contributed by atoms with Crippen molar-refractivity contribution in [3.8, 4) is 0 Å². The van der Waals surface area contributed by atoms with E-state index in [0.717, 1.165) is 18.0 Å². The lowest BCUT2D eigenvalue weighted by molar-refractivity contribution is 0.242. The first-order valence-corrected chi connectivity index (χ1v) is 7.40. The van der Waals surface area contributed by atoms with E-state index in [9.17, 15) is 0 Å². The van der Waals surface area contributed by atoms with Gasteiger partial charge in [0, 0.05) is 12.1 Å². The maximum absolute atomic E-state index is 3.88. The van der Waals surface area contributed by atoms with Crippen LogP contribution in [-0.2, 0) is 0 Å². The van der Waals surface area contributed by atoms with Crippen LogP contribution in [0.1, 0.15) is 72.1 Å². The van der Waals surface area contributed by atoms with Gasteiger partial charge in [-0.1, -0.05) is 26.7 Å². The zero-order valence-corrected chi connectivity index (χ0v) is 11.4. The van der Waals surface area contributed by atoms with Gasteiger partial charge < -0.3 is 5.32 Å². The van der Waals surface area contributed by atoms with Crippen LogP contribution < -0.4 is 5.32 Å². The van der Waals surface area contributed by atoms with Gasteiger partial charge >= 0.3 is 0 Å². The normalized spacial score (nSPS) is 34.7. The van der Waals surface area contributed by atoms with E-state index < -0.39 is 0 Å². The van der Waals surface area contributed by atoms with Crippen LogP contribution in [0.5, 0.6) is 0 Å². The second-order valence-corrected chi connectivity index (χ2v) is 6.55. The molecule has 0 aromatic heterocycles. The lowest BCUT2D eigenvalue weighted by Crippen LogP contribution is -2.42. The number of hydrogen-bond acceptors (Lipinski definition) is 1. The van der Waals surface area contributed by atoms with Gasteiger partial charge in [0.15, 0.2) is 0 Å². The van der Waals surface area contributed by atoms with E-state index in [0.29, 0.717) is 5.41 Å². The Kier molecular flexibility index (Phi) is 3.94. The van der Waals surface area contributed by atoms with E-state index >= 15 is 0 Å². The third kappa shape index (κ3) is 3.00. The zero-order chi connectivity index (χ0) is 11.6. The van der Waals surface area contributed by atoms with Crippen LogP contribution in [0.2, 0.25) is 0 Å². The lowest BCUT2D eigenvalue weighted by Gasteiger charge is -2.33. The van der Waals surface area contributed by atoms with Crippen LogP contribution in [-0.4, -0.2) is 12.1 Å². The Morgan fingerprint density at radius 1 is 1.19 bits per heavy atom. The molecule has 1 atom stereocenters. The lowest BCUT2D eigenvalue weighted by atomic mass is 9.83. The summed E-state index contributed by atoms with van der Waals surface area (Å²) < 4.78 is 0. The molecular formula is C15H29N. The van der Waals surface area contributed by atoms with Crippen LogP contribution in [0.3, 0.4) is 0 Å². The molecule has 2 saturated carbocycles. The van der Waals surface area contributed by atoms with E-state index in [2.05, 4.69) is 26.1 Å². The molecule has 0 amide bonds. The summed E-state index contributed by atoms with van der Waals surface area (Å²) in [7, 11) is 0. The minimum atomic E-state index is 0.639. The molecule has 2 rings (SSSR count). The molecule has 0 aromatic carbocycles. The highest BCUT2D eigenvalue weighted by Crippen LogP contribution is 2.48. The zero-order valence-electron chi connectivity index (χ0n) is 11.4. The fraction of sp³-hybridized carbons (Fsp3) is 1.00. The number of nitrogens with one attached hydrogen (secondary N) is 1. The Balaban J connectivity index is 1.69. The van der Waals surface area contributed by atoms with Gasteiger partial charge in [-0.05, 0) is 56.8 Å². The summed E-state index contributed by atoms with van der Waals surface area (Å²) in [5, 5.41) is 3.88. The van der Waals surface area contributed by atoms with E-state index in [1.807, 2.05) is 0 Å². The second-order valence-electron chi connectivity index (χ2n) is 6.55. The molecule has 0 aromatic rings. The van der Waals surface area contributed by atoms with Crippen molar-refractivity contribution in [2.24, 2.45) is 11.3 Å². The van der Waals surface area contributed by atoms with Gasteiger partial charge in [-0.25, -0.2) is 0 Å². The van der Waals surface area contributed by atoms with E-state index in [1.54, 1.807) is 0 Å². The van der Waals surface area contributed by atoms with Crippen molar-refractivity contribution in [3.05, 3.63) is 0 Å². The highest BCUT2D eigenvalue weighted by molar-refractivity contribution is 4.97. The summed E-state index contributed by atoms with van der Waals surface area (Å²) in [6.45, 7) is 7.15. The van der Waals surface area contributed by atoms with Gasteiger partial charge in [-0.2, -0.15) is 0 Å². The van der Waals surface area contributed by atoms with Gasteiger partial charge in [0.25, 0.3) is 0 Å². The molecule has 1 N–H and O–H groups in total. The maximum Gasteiger partial charge on any atom is 0.00951 e. The van der Waals surface area contributed by atoms with Crippen molar-refractivity contribution in [2.45, 2.75) is 84.2 Å². The number of hydrogen-bond donors (Lipinski definition) is 1. The van der Waals surface area contributed by atoms with Crippen molar-refractivity contribution < 1.29 is 0 Å². The Morgan fingerprint density at radius 3 is 2.31 bits per heavy atom. The van der Waals surface area contributed by atoms with Crippen LogP contribution in [0.25, 0.3) is 0 Å². The largest absolute Gasteiger partial charge is 0.311 e. The van der Waals surface area contributed by atoms with E-state index in [-0.39, 0.29) is 0 Å².